The zero-order chi connectivity index (χ0) is 15.4. The molecule has 110 valence electrons. The Hall–Kier alpha value is -2.60. The molecule has 0 fully saturated rings. The number of hydrogen-bond acceptors (Lipinski definition) is 5. The monoisotopic (exact) mass is 287 g/mol. The predicted octanol–water partition coefficient (Wildman–Crippen LogP) is 3.08. The minimum atomic E-state index is -0.483. The van der Waals surface area contributed by atoms with Gasteiger partial charge in [-0.15, -0.1) is 0 Å². The Bertz CT molecular complexity index is 671. The van der Waals surface area contributed by atoms with Crippen molar-refractivity contribution in [2.75, 3.05) is 5.43 Å². The van der Waals surface area contributed by atoms with E-state index in [4.69, 9.17) is 10.6 Å². The summed E-state index contributed by atoms with van der Waals surface area (Å²) in [6, 6.07) is 10.5. The maximum atomic E-state index is 10.8. The molecule has 6 heteroatoms. The van der Waals surface area contributed by atoms with E-state index in [0.717, 1.165) is 16.9 Å². The van der Waals surface area contributed by atoms with Gasteiger partial charge in [-0.1, -0.05) is 6.07 Å². The predicted molar refractivity (Wildman–Crippen MR) is 81.2 cm³/mol. The van der Waals surface area contributed by atoms with E-state index >= 15 is 0 Å². The van der Waals surface area contributed by atoms with Crippen molar-refractivity contribution < 1.29 is 9.66 Å². The van der Waals surface area contributed by atoms with Crippen molar-refractivity contribution in [2.24, 2.45) is 5.84 Å². The van der Waals surface area contributed by atoms with Crippen molar-refractivity contribution >= 4 is 11.4 Å². The second-order valence-electron chi connectivity index (χ2n) is 4.79. The van der Waals surface area contributed by atoms with Gasteiger partial charge in [0.25, 0.3) is 5.69 Å². The van der Waals surface area contributed by atoms with E-state index in [-0.39, 0.29) is 11.4 Å². The molecule has 0 unspecified atom stereocenters. The Kier molecular flexibility index (Phi) is 4.39. The van der Waals surface area contributed by atoms with Gasteiger partial charge in [-0.3, -0.25) is 16.0 Å². The second-order valence-corrected chi connectivity index (χ2v) is 4.79. The topological polar surface area (TPSA) is 90.4 Å². The largest absolute Gasteiger partial charge is 0.489 e. The molecule has 0 bridgehead atoms. The van der Waals surface area contributed by atoms with Gasteiger partial charge in [0.15, 0.2) is 0 Å². The molecule has 0 radical (unpaired) electrons. The molecule has 0 aliphatic heterocycles. The fraction of sp³-hybridized carbons (Fsp3) is 0.200. The van der Waals surface area contributed by atoms with E-state index in [1.165, 1.54) is 11.6 Å². The summed E-state index contributed by atoms with van der Waals surface area (Å²) in [6.45, 7) is 4.37. The molecule has 0 atom stereocenters. The van der Waals surface area contributed by atoms with Gasteiger partial charge in [-0.2, -0.15) is 0 Å². The van der Waals surface area contributed by atoms with Crippen molar-refractivity contribution in [2.45, 2.75) is 20.5 Å². The fourth-order valence-corrected chi connectivity index (χ4v) is 1.92. The van der Waals surface area contributed by atoms with Crippen molar-refractivity contribution in [1.29, 1.82) is 0 Å². The van der Waals surface area contributed by atoms with Crippen LogP contribution in [0.15, 0.2) is 36.4 Å². The minimum Gasteiger partial charge on any atom is -0.489 e. The maximum Gasteiger partial charge on any atom is 0.293 e. The third kappa shape index (κ3) is 3.49. The average molecular weight is 287 g/mol. The Morgan fingerprint density at radius 2 is 1.95 bits per heavy atom. The van der Waals surface area contributed by atoms with E-state index in [0.29, 0.717) is 6.61 Å². The van der Waals surface area contributed by atoms with Crippen LogP contribution in [0.25, 0.3) is 0 Å². The highest BCUT2D eigenvalue weighted by Gasteiger charge is 2.13. The summed E-state index contributed by atoms with van der Waals surface area (Å²) >= 11 is 0. The van der Waals surface area contributed by atoms with Gasteiger partial charge >= 0.3 is 0 Å². The van der Waals surface area contributed by atoms with Crippen LogP contribution in [0.5, 0.6) is 5.75 Å². The molecule has 6 nitrogen and oxygen atoms in total. The summed E-state index contributed by atoms with van der Waals surface area (Å²) in [7, 11) is 0. The number of nitrogen functional groups attached to an aromatic ring is 1. The first-order valence-electron chi connectivity index (χ1n) is 6.45. The number of rotatable bonds is 5. The van der Waals surface area contributed by atoms with Crippen LogP contribution in [0, 0.1) is 24.0 Å². The first-order valence-corrected chi connectivity index (χ1v) is 6.45. The van der Waals surface area contributed by atoms with Crippen LogP contribution in [-0.4, -0.2) is 4.92 Å². The van der Waals surface area contributed by atoms with Crippen LogP contribution in [0.4, 0.5) is 11.4 Å². The van der Waals surface area contributed by atoms with Crippen molar-refractivity contribution in [1.82, 2.24) is 0 Å². The summed E-state index contributed by atoms with van der Waals surface area (Å²) in [5.74, 6) is 6.07. The van der Waals surface area contributed by atoms with Crippen LogP contribution < -0.4 is 16.0 Å². The van der Waals surface area contributed by atoms with Crippen LogP contribution in [0.2, 0.25) is 0 Å². The number of aryl methyl sites for hydroxylation is 2. The first-order chi connectivity index (χ1) is 10.0. The number of nitrogens with one attached hydrogen (secondary N) is 1. The molecule has 0 heterocycles. The molecule has 2 rings (SSSR count). The Balaban J connectivity index is 2.13. The lowest BCUT2D eigenvalue weighted by Gasteiger charge is -2.09. The molecule has 0 aliphatic rings. The molecule has 0 aromatic heterocycles. The lowest BCUT2D eigenvalue weighted by Crippen LogP contribution is -2.10. The highest BCUT2D eigenvalue weighted by molar-refractivity contribution is 5.62. The van der Waals surface area contributed by atoms with E-state index in [1.807, 2.05) is 32.0 Å². The number of nitrogens with zero attached hydrogens (tertiary/aromatic N) is 1. The summed E-state index contributed by atoms with van der Waals surface area (Å²) in [5, 5.41) is 10.8. The summed E-state index contributed by atoms with van der Waals surface area (Å²) in [4.78, 5) is 10.3. The van der Waals surface area contributed by atoms with Gasteiger partial charge in [0, 0.05) is 6.07 Å². The lowest BCUT2D eigenvalue weighted by molar-refractivity contribution is -0.384. The van der Waals surface area contributed by atoms with Gasteiger partial charge in [0.05, 0.1) is 4.92 Å². The number of nitrogens with two attached hydrogens (primary N) is 1. The molecular formula is C15H17N3O3. The number of nitro groups is 1. The van der Waals surface area contributed by atoms with Crippen molar-refractivity contribution in [3.05, 3.63) is 63.2 Å². The second kappa shape index (κ2) is 6.23. The van der Waals surface area contributed by atoms with Crippen LogP contribution in [0.3, 0.4) is 0 Å². The number of anilines is 1. The number of nitro benzene ring substituents is 1. The van der Waals surface area contributed by atoms with Gasteiger partial charge in [-0.05, 0) is 54.8 Å². The quantitative estimate of drug-likeness (QED) is 0.501. The summed E-state index contributed by atoms with van der Waals surface area (Å²) in [5.41, 5.74) is 5.69. The molecule has 0 spiro atoms. The standard InChI is InChI=1S/C15H17N3O3/c1-10-3-5-13(7-11(10)2)21-9-12-4-6-15(18(19)20)14(8-12)17-16/h3-8,17H,9,16H2,1-2H3. The van der Waals surface area contributed by atoms with Crippen LogP contribution >= 0.6 is 0 Å². The summed E-state index contributed by atoms with van der Waals surface area (Å²) < 4.78 is 5.69. The molecule has 0 aliphatic carbocycles. The molecular weight excluding hydrogens is 270 g/mol. The summed E-state index contributed by atoms with van der Waals surface area (Å²) in [6.07, 6.45) is 0. The van der Waals surface area contributed by atoms with Gasteiger partial charge in [-0.25, -0.2) is 0 Å². The Morgan fingerprint density at radius 3 is 2.57 bits per heavy atom. The SMILES string of the molecule is Cc1ccc(OCc2ccc([N+](=O)[O-])c(NN)c2)cc1C. The van der Waals surface area contributed by atoms with Crippen molar-refractivity contribution in [3.63, 3.8) is 0 Å². The molecule has 3 N–H and O–H groups in total. The zero-order valence-electron chi connectivity index (χ0n) is 11.9. The third-order valence-electron chi connectivity index (χ3n) is 3.30. The Morgan fingerprint density at radius 1 is 1.19 bits per heavy atom. The highest BCUT2D eigenvalue weighted by Crippen LogP contribution is 2.25. The molecule has 0 saturated heterocycles. The molecule has 21 heavy (non-hydrogen) atoms. The molecule has 0 amide bonds. The zero-order valence-corrected chi connectivity index (χ0v) is 11.9. The first kappa shape index (κ1) is 14.8. The molecule has 0 saturated carbocycles. The highest BCUT2D eigenvalue weighted by atomic mass is 16.6. The fourth-order valence-electron chi connectivity index (χ4n) is 1.92. The third-order valence-corrected chi connectivity index (χ3v) is 3.30. The smallest absolute Gasteiger partial charge is 0.293 e. The molecule has 2 aromatic rings. The van der Waals surface area contributed by atoms with E-state index in [2.05, 4.69) is 5.43 Å². The van der Waals surface area contributed by atoms with Crippen LogP contribution in [-0.2, 0) is 6.61 Å². The van der Waals surface area contributed by atoms with Gasteiger partial charge < -0.3 is 10.2 Å². The van der Waals surface area contributed by atoms with Crippen molar-refractivity contribution in [3.8, 4) is 5.75 Å². The maximum absolute atomic E-state index is 10.8. The number of ether oxygens (including phenoxy) is 1. The average Bonchev–Trinajstić information content (AvgIpc) is 2.48. The minimum absolute atomic E-state index is 0.0626. The number of hydrogen-bond donors (Lipinski definition) is 2. The molecule has 2 aromatic carbocycles. The lowest BCUT2D eigenvalue weighted by atomic mass is 10.1. The van der Waals surface area contributed by atoms with Gasteiger partial charge in [0.1, 0.15) is 18.0 Å². The number of hydrazine groups is 1. The van der Waals surface area contributed by atoms with E-state index in [1.54, 1.807) is 12.1 Å². The Labute approximate surface area is 122 Å². The van der Waals surface area contributed by atoms with Gasteiger partial charge in [0.2, 0.25) is 0 Å². The van der Waals surface area contributed by atoms with E-state index in [9.17, 15) is 10.1 Å². The van der Waals surface area contributed by atoms with E-state index < -0.39 is 4.92 Å². The van der Waals surface area contributed by atoms with Crippen LogP contribution in [0.1, 0.15) is 16.7 Å². The normalized spacial score (nSPS) is 10.2. The number of benzene rings is 2.